The molecule has 0 aromatic heterocycles. The van der Waals surface area contributed by atoms with Gasteiger partial charge in [-0.1, -0.05) is 37.8 Å². The van der Waals surface area contributed by atoms with E-state index in [0.29, 0.717) is 0 Å². The summed E-state index contributed by atoms with van der Waals surface area (Å²) in [6.07, 6.45) is 15.0. The molecular formula is C15H23NO. The number of nitrogens with zero attached hydrogens (tertiary/aromatic N) is 1. The van der Waals surface area contributed by atoms with Gasteiger partial charge in [0.1, 0.15) is 0 Å². The second-order valence-corrected chi connectivity index (χ2v) is 5.76. The maximum Gasteiger partial charge on any atom is 0.193 e. The summed E-state index contributed by atoms with van der Waals surface area (Å²) in [5, 5.41) is 0. The monoisotopic (exact) mass is 233 g/mol. The fraction of sp³-hybridized carbons (Fsp3) is 0.800. The molecule has 2 nitrogen and oxygen atoms in total. The zero-order chi connectivity index (χ0) is 11.8. The Kier molecular flexibility index (Phi) is 2.76. The fourth-order valence-electron chi connectivity index (χ4n) is 3.98. The van der Waals surface area contributed by atoms with Gasteiger partial charge < -0.3 is 4.74 Å². The smallest absolute Gasteiger partial charge is 0.193 e. The number of allylic oxidation sites excluding steroid dienone is 1. The van der Waals surface area contributed by atoms with Crippen LogP contribution in [-0.4, -0.2) is 18.0 Å². The van der Waals surface area contributed by atoms with Crippen molar-refractivity contribution in [2.24, 2.45) is 10.4 Å². The Hall–Kier alpha value is -0.790. The van der Waals surface area contributed by atoms with Gasteiger partial charge in [0.05, 0.1) is 17.6 Å². The molecule has 0 spiro atoms. The Morgan fingerprint density at radius 3 is 2.71 bits per heavy atom. The number of hydrogen-bond acceptors (Lipinski definition) is 2. The highest BCUT2D eigenvalue weighted by molar-refractivity contribution is 5.91. The molecule has 94 valence electrons. The van der Waals surface area contributed by atoms with Crippen molar-refractivity contribution in [3.63, 3.8) is 0 Å². The van der Waals surface area contributed by atoms with E-state index in [2.05, 4.69) is 19.1 Å². The van der Waals surface area contributed by atoms with Gasteiger partial charge in [0, 0.05) is 0 Å². The summed E-state index contributed by atoms with van der Waals surface area (Å²) in [6, 6.07) is 0. The lowest BCUT2D eigenvalue weighted by Crippen LogP contribution is -2.62. The lowest BCUT2D eigenvalue weighted by Gasteiger charge is -2.57. The minimum atomic E-state index is 0.215. The highest BCUT2D eigenvalue weighted by Gasteiger charge is 2.62. The average molecular weight is 233 g/mol. The van der Waals surface area contributed by atoms with Crippen molar-refractivity contribution in [3.8, 4) is 0 Å². The molecule has 3 aliphatic rings. The first-order chi connectivity index (χ1) is 8.33. The number of rotatable bonds is 1. The van der Waals surface area contributed by atoms with Crippen LogP contribution in [0, 0.1) is 5.41 Å². The summed E-state index contributed by atoms with van der Waals surface area (Å²) in [6.45, 7) is 2.83. The molecule has 3 rings (SSSR count). The second-order valence-electron chi connectivity index (χ2n) is 5.76. The molecule has 0 aromatic rings. The quantitative estimate of drug-likeness (QED) is 0.630. The Morgan fingerprint density at radius 2 is 1.88 bits per heavy atom. The topological polar surface area (TPSA) is 21.6 Å². The summed E-state index contributed by atoms with van der Waals surface area (Å²) in [7, 11) is 0. The van der Waals surface area contributed by atoms with Gasteiger partial charge in [-0.2, -0.15) is 0 Å². The van der Waals surface area contributed by atoms with Crippen LogP contribution in [0.3, 0.4) is 0 Å². The molecule has 1 heterocycles. The van der Waals surface area contributed by atoms with Crippen LogP contribution in [0.2, 0.25) is 0 Å². The predicted octanol–water partition coefficient (Wildman–Crippen LogP) is 3.86. The van der Waals surface area contributed by atoms with E-state index in [0.717, 1.165) is 25.3 Å². The Morgan fingerprint density at radius 1 is 1.12 bits per heavy atom. The minimum Gasteiger partial charge on any atom is -0.481 e. The maximum absolute atomic E-state index is 5.81. The Bertz CT molecular complexity index is 360. The first kappa shape index (κ1) is 11.3. The SMILES string of the molecule is CCOC1=N[C@@]23CC=CC[C@]12CCCCCC3. The van der Waals surface area contributed by atoms with Crippen molar-refractivity contribution >= 4 is 5.90 Å². The van der Waals surface area contributed by atoms with Crippen LogP contribution < -0.4 is 0 Å². The third-order valence-corrected chi connectivity index (χ3v) is 4.93. The summed E-state index contributed by atoms with van der Waals surface area (Å²) < 4.78 is 5.81. The predicted molar refractivity (Wildman–Crippen MR) is 70.3 cm³/mol. The first-order valence-electron chi connectivity index (χ1n) is 7.21. The molecule has 2 heteroatoms. The summed E-state index contributed by atoms with van der Waals surface area (Å²) >= 11 is 0. The van der Waals surface area contributed by atoms with E-state index in [1.165, 1.54) is 38.5 Å². The second kappa shape index (κ2) is 4.15. The number of hydrogen-bond donors (Lipinski definition) is 0. The van der Waals surface area contributed by atoms with E-state index in [9.17, 15) is 0 Å². The van der Waals surface area contributed by atoms with Gasteiger partial charge in [-0.3, -0.25) is 0 Å². The zero-order valence-corrected chi connectivity index (χ0v) is 10.9. The molecule has 0 unspecified atom stereocenters. The minimum absolute atomic E-state index is 0.215. The van der Waals surface area contributed by atoms with Gasteiger partial charge in [-0.05, 0) is 32.6 Å². The normalized spacial score (nSPS) is 40.2. The van der Waals surface area contributed by atoms with Crippen LogP contribution >= 0.6 is 0 Å². The van der Waals surface area contributed by atoms with Gasteiger partial charge in [0.15, 0.2) is 5.90 Å². The van der Waals surface area contributed by atoms with E-state index in [4.69, 9.17) is 9.73 Å². The Balaban J connectivity index is 1.94. The van der Waals surface area contributed by atoms with Crippen LogP contribution in [0.5, 0.6) is 0 Å². The van der Waals surface area contributed by atoms with Crippen molar-refractivity contribution in [2.45, 2.75) is 63.8 Å². The van der Waals surface area contributed by atoms with Crippen LogP contribution in [0.25, 0.3) is 0 Å². The van der Waals surface area contributed by atoms with E-state index < -0.39 is 0 Å². The fourth-order valence-corrected chi connectivity index (χ4v) is 3.98. The maximum atomic E-state index is 5.81. The van der Waals surface area contributed by atoms with Crippen molar-refractivity contribution in [1.29, 1.82) is 0 Å². The number of ether oxygens (including phenoxy) is 1. The van der Waals surface area contributed by atoms with Gasteiger partial charge in [0.2, 0.25) is 0 Å². The molecule has 17 heavy (non-hydrogen) atoms. The molecule has 0 aromatic carbocycles. The largest absolute Gasteiger partial charge is 0.481 e. The van der Waals surface area contributed by atoms with Gasteiger partial charge in [-0.25, -0.2) is 4.99 Å². The highest BCUT2D eigenvalue weighted by Crippen LogP contribution is 2.58. The van der Waals surface area contributed by atoms with Crippen LogP contribution in [-0.2, 0) is 4.74 Å². The zero-order valence-electron chi connectivity index (χ0n) is 10.9. The van der Waals surface area contributed by atoms with E-state index in [1.807, 2.05) is 0 Å². The molecule has 1 saturated carbocycles. The molecule has 1 aliphatic heterocycles. The van der Waals surface area contributed by atoms with Crippen molar-refractivity contribution in [1.82, 2.24) is 0 Å². The first-order valence-corrected chi connectivity index (χ1v) is 7.21. The van der Waals surface area contributed by atoms with Crippen molar-refractivity contribution in [3.05, 3.63) is 12.2 Å². The van der Waals surface area contributed by atoms with Crippen LogP contribution in [0.4, 0.5) is 0 Å². The van der Waals surface area contributed by atoms with Crippen molar-refractivity contribution in [2.75, 3.05) is 6.61 Å². The lowest BCUT2D eigenvalue weighted by atomic mass is 9.54. The molecule has 0 radical (unpaired) electrons. The average Bonchev–Trinajstić information content (AvgIpc) is 2.30. The standard InChI is InChI=1S/C15H23NO/c1-2-17-13-14-9-5-3-4-6-11-15(14,16-13)12-8-7-10-14/h7-8H,2-6,9-12H2,1H3/t14-,15+/m1/s1. The van der Waals surface area contributed by atoms with Crippen molar-refractivity contribution < 1.29 is 4.74 Å². The molecule has 0 amide bonds. The third kappa shape index (κ3) is 1.49. The van der Waals surface area contributed by atoms with E-state index in [-0.39, 0.29) is 11.0 Å². The van der Waals surface area contributed by atoms with Crippen LogP contribution in [0.1, 0.15) is 58.3 Å². The van der Waals surface area contributed by atoms with Gasteiger partial charge in [0.25, 0.3) is 0 Å². The number of aliphatic imine (C=N–C) groups is 1. The Labute approximate surface area is 104 Å². The summed E-state index contributed by atoms with van der Waals surface area (Å²) in [4.78, 5) is 4.92. The van der Waals surface area contributed by atoms with E-state index >= 15 is 0 Å². The molecule has 2 atom stereocenters. The molecule has 0 saturated heterocycles. The molecule has 2 aliphatic carbocycles. The summed E-state index contributed by atoms with van der Waals surface area (Å²) in [5.74, 6) is 1.08. The van der Waals surface area contributed by atoms with Crippen LogP contribution in [0.15, 0.2) is 17.1 Å². The molecule has 1 fully saturated rings. The van der Waals surface area contributed by atoms with E-state index in [1.54, 1.807) is 0 Å². The molecule has 0 bridgehead atoms. The third-order valence-electron chi connectivity index (χ3n) is 4.93. The van der Waals surface area contributed by atoms with Gasteiger partial charge in [-0.15, -0.1) is 0 Å². The summed E-state index contributed by atoms with van der Waals surface area (Å²) in [5.41, 5.74) is 0.491. The molecular weight excluding hydrogens is 210 g/mol. The van der Waals surface area contributed by atoms with Gasteiger partial charge >= 0.3 is 0 Å². The molecule has 0 N–H and O–H groups in total. The highest BCUT2D eigenvalue weighted by atomic mass is 16.5. The lowest BCUT2D eigenvalue weighted by molar-refractivity contribution is 0.0677.